The summed E-state index contributed by atoms with van der Waals surface area (Å²) in [6.45, 7) is -0.705. The van der Waals surface area contributed by atoms with E-state index in [0.29, 0.717) is 0 Å². The van der Waals surface area contributed by atoms with Crippen molar-refractivity contribution in [2.45, 2.75) is 24.4 Å². The zero-order valence-electron chi connectivity index (χ0n) is 7.18. The Hall–Kier alpha value is 0.0500. The van der Waals surface area contributed by atoms with E-state index in [2.05, 4.69) is 0 Å². The molecule has 0 heterocycles. The van der Waals surface area contributed by atoms with E-state index in [4.69, 9.17) is 26.2 Å². The summed E-state index contributed by atoms with van der Waals surface area (Å²) in [6.07, 6.45) is -4.43. The molecule has 0 aromatic rings. The summed E-state index contributed by atoms with van der Waals surface area (Å²) < 4.78 is 0. The van der Waals surface area contributed by atoms with Crippen LogP contribution in [0, 0.1) is 0 Å². The molecule has 14 heavy (non-hydrogen) atoms. The summed E-state index contributed by atoms with van der Waals surface area (Å²) in [7, 11) is 0. The van der Waals surface area contributed by atoms with Crippen molar-refractivity contribution in [3.63, 3.8) is 0 Å². The van der Waals surface area contributed by atoms with Crippen LogP contribution in [0.25, 0.3) is 0 Å². The molecule has 0 spiro atoms. The zero-order chi connectivity index (χ0) is 9.72. The van der Waals surface area contributed by atoms with Gasteiger partial charge < -0.3 is 31.0 Å². The van der Waals surface area contributed by atoms with Gasteiger partial charge in [0.05, 0.1) is 12.6 Å². The number of nitrogens with two attached hydrogens (primary N) is 1. The van der Waals surface area contributed by atoms with Crippen molar-refractivity contribution in [1.29, 1.82) is 0 Å². The second-order valence-corrected chi connectivity index (χ2v) is 2.44. The first kappa shape index (κ1) is 19.6. The van der Waals surface area contributed by atoms with Crippen molar-refractivity contribution in [2.24, 2.45) is 5.73 Å². The lowest BCUT2D eigenvalue weighted by atomic mass is 10.0. The Morgan fingerprint density at radius 2 is 1.57 bits per heavy atom. The van der Waals surface area contributed by atoms with E-state index in [9.17, 15) is 4.79 Å². The predicted molar refractivity (Wildman–Crippen MR) is 53.6 cm³/mol. The molecule has 0 bridgehead atoms. The first-order valence-electron chi connectivity index (χ1n) is 3.40. The van der Waals surface area contributed by atoms with Gasteiger partial charge in [0, 0.05) is 0 Å². The first-order valence-corrected chi connectivity index (χ1v) is 3.40. The molecule has 88 valence electrons. The summed E-state index contributed by atoms with van der Waals surface area (Å²) >= 11 is 0. The number of rotatable bonds is 5. The number of hydrogen-bond donors (Lipinski definition) is 5. The van der Waals surface area contributed by atoms with Crippen LogP contribution in [0.2, 0.25) is 0 Å². The van der Waals surface area contributed by atoms with Gasteiger partial charge in [-0.3, -0.25) is 0 Å². The van der Waals surface area contributed by atoms with E-state index >= 15 is 0 Å². The smallest absolute Gasteiger partial charge is 0.139 e. The Bertz CT molecular complexity index is 150. The molecule has 0 saturated heterocycles. The van der Waals surface area contributed by atoms with Crippen molar-refractivity contribution in [3.8, 4) is 0 Å². The largest absolute Gasteiger partial charge is 0.394 e. The van der Waals surface area contributed by atoms with Crippen LogP contribution in [0.15, 0.2) is 0 Å². The Balaban J connectivity index is -0.000000605. The van der Waals surface area contributed by atoms with Gasteiger partial charge >= 0.3 is 0 Å². The zero-order valence-corrected chi connectivity index (χ0v) is 8.82. The van der Waals surface area contributed by atoms with Gasteiger partial charge in [-0.25, -0.2) is 0 Å². The third-order valence-electron chi connectivity index (χ3n) is 1.48. The van der Waals surface area contributed by atoms with Gasteiger partial charge in [-0.05, 0) is 0 Å². The molecule has 0 unspecified atom stereocenters. The fraction of sp³-hybridized carbons (Fsp3) is 0.833. The second kappa shape index (κ2) is 9.60. The molecule has 0 amide bonds. The minimum absolute atomic E-state index is 0. The molecule has 8 heteroatoms. The summed E-state index contributed by atoms with van der Waals surface area (Å²) in [6, 6.07) is -1.26. The number of carbonyl (C=O) groups is 1. The lowest BCUT2D eigenvalue weighted by Crippen LogP contribution is -2.49. The number of aldehydes is 1. The summed E-state index contributed by atoms with van der Waals surface area (Å²) in [5.41, 5.74) is 5.04. The Kier molecular flexibility index (Phi) is 13.4. The number of halogens is 2. The number of hydrogen-bond acceptors (Lipinski definition) is 6. The molecule has 0 rings (SSSR count). The predicted octanol–water partition coefficient (Wildman–Crippen LogP) is -2.57. The molecule has 0 radical (unpaired) electrons. The summed E-state index contributed by atoms with van der Waals surface area (Å²) in [5, 5.41) is 35.2. The quantitative estimate of drug-likeness (QED) is 0.343. The van der Waals surface area contributed by atoms with E-state index in [-0.39, 0.29) is 31.1 Å². The molecule has 0 aromatic carbocycles. The molecule has 0 aliphatic heterocycles. The van der Waals surface area contributed by atoms with Crippen molar-refractivity contribution >= 4 is 31.1 Å². The summed E-state index contributed by atoms with van der Waals surface area (Å²) in [5.74, 6) is 0. The van der Waals surface area contributed by atoms with Crippen molar-refractivity contribution in [3.05, 3.63) is 0 Å². The monoisotopic (exact) mass is 251 g/mol. The van der Waals surface area contributed by atoms with Crippen LogP contribution in [0.5, 0.6) is 0 Å². The molecule has 0 fully saturated rings. The topological polar surface area (TPSA) is 124 Å². The maximum absolute atomic E-state index is 10.0. The molecule has 0 saturated carbocycles. The summed E-state index contributed by atoms with van der Waals surface area (Å²) in [4.78, 5) is 10.0. The minimum Gasteiger partial charge on any atom is -0.394 e. The van der Waals surface area contributed by atoms with Crippen LogP contribution < -0.4 is 5.73 Å². The fourth-order valence-corrected chi connectivity index (χ4v) is 0.644. The molecule has 0 aliphatic carbocycles. The Morgan fingerprint density at radius 1 is 1.14 bits per heavy atom. The van der Waals surface area contributed by atoms with E-state index in [0.717, 1.165) is 0 Å². The normalized spacial score (nSPS) is 18.1. The lowest BCUT2D eigenvalue weighted by Gasteiger charge is -2.23. The van der Waals surface area contributed by atoms with Gasteiger partial charge in [0.25, 0.3) is 0 Å². The third-order valence-corrected chi connectivity index (χ3v) is 1.48. The van der Waals surface area contributed by atoms with Gasteiger partial charge in [0.15, 0.2) is 0 Å². The van der Waals surface area contributed by atoms with E-state index in [1.54, 1.807) is 0 Å². The molecule has 0 aromatic heterocycles. The molecule has 6 nitrogen and oxygen atoms in total. The number of aliphatic hydroxyl groups is 4. The average molecular weight is 252 g/mol. The Labute approximate surface area is 93.5 Å². The maximum Gasteiger partial charge on any atom is 0.139 e. The van der Waals surface area contributed by atoms with E-state index in [1.807, 2.05) is 0 Å². The second-order valence-electron chi connectivity index (χ2n) is 2.44. The van der Waals surface area contributed by atoms with E-state index in [1.165, 1.54) is 0 Å². The number of aliphatic hydroxyl groups excluding tert-OH is 4. The highest BCUT2D eigenvalue weighted by atomic mass is 35.5. The maximum atomic E-state index is 10.0. The lowest BCUT2D eigenvalue weighted by molar-refractivity contribution is -0.118. The van der Waals surface area contributed by atoms with E-state index < -0.39 is 31.0 Å². The highest BCUT2D eigenvalue weighted by Gasteiger charge is 2.28. The van der Waals surface area contributed by atoms with Gasteiger partial charge in [-0.2, -0.15) is 0 Å². The highest BCUT2D eigenvalue weighted by molar-refractivity contribution is 5.85. The van der Waals surface area contributed by atoms with Crippen LogP contribution >= 0.6 is 24.8 Å². The average Bonchev–Trinajstić information content (AvgIpc) is 2.12. The van der Waals surface area contributed by atoms with Gasteiger partial charge in [-0.15, -0.1) is 24.8 Å². The molecule has 4 atom stereocenters. The first-order chi connectivity index (χ1) is 5.54. The van der Waals surface area contributed by atoms with Crippen LogP contribution in [0.1, 0.15) is 0 Å². The SMILES string of the molecule is Cl.Cl.N[C@@H](C=O)[C@@H](O)[C@H](O)[C@H](O)CO. The van der Waals surface area contributed by atoms with Crippen LogP contribution in [-0.4, -0.2) is 57.7 Å². The molecule has 6 N–H and O–H groups in total. The number of carbonyl (C=O) groups excluding carboxylic acids is 1. The fourth-order valence-electron chi connectivity index (χ4n) is 0.644. The standard InChI is InChI=1S/C6H13NO5.2ClH/c7-3(1-8)5(11)6(12)4(10)2-9;;/h1,3-6,9-12H,2,7H2;2*1H/t3-,4+,5+,6+;;/m0../s1. The van der Waals surface area contributed by atoms with Gasteiger partial charge in [0.2, 0.25) is 0 Å². The van der Waals surface area contributed by atoms with Crippen molar-refractivity contribution < 1.29 is 25.2 Å². The highest BCUT2D eigenvalue weighted by Crippen LogP contribution is 2.01. The van der Waals surface area contributed by atoms with Crippen molar-refractivity contribution in [1.82, 2.24) is 0 Å². The molecule has 0 aliphatic rings. The van der Waals surface area contributed by atoms with Gasteiger partial charge in [-0.1, -0.05) is 0 Å². The van der Waals surface area contributed by atoms with Crippen LogP contribution in [-0.2, 0) is 4.79 Å². The van der Waals surface area contributed by atoms with Crippen molar-refractivity contribution in [2.75, 3.05) is 6.61 Å². The van der Waals surface area contributed by atoms with Crippen LogP contribution in [0.4, 0.5) is 0 Å². The minimum atomic E-state index is -1.62. The third kappa shape index (κ3) is 5.71. The molecular formula is C6H15Cl2NO5. The Morgan fingerprint density at radius 3 is 1.86 bits per heavy atom. The van der Waals surface area contributed by atoms with Gasteiger partial charge in [0.1, 0.15) is 24.6 Å². The molecular weight excluding hydrogens is 237 g/mol. The van der Waals surface area contributed by atoms with Crippen LogP contribution in [0.3, 0.4) is 0 Å².